The van der Waals surface area contributed by atoms with Crippen molar-refractivity contribution in [3.05, 3.63) is 12.2 Å². The van der Waals surface area contributed by atoms with E-state index < -0.39 is 11.9 Å². The Bertz CT molecular complexity index is 459. The van der Waals surface area contributed by atoms with Crippen molar-refractivity contribution in [2.24, 2.45) is 0 Å². The van der Waals surface area contributed by atoms with Gasteiger partial charge in [-0.2, -0.15) is 0 Å². The van der Waals surface area contributed by atoms with E-state index >= 15 is 0 Å². The number of aliphatic carboxylic acids is 1. The number of hydrogen-bond acceptors (Lipinski definition) is 3. The quantitative estimate of drug-likeness (QED) is 0.0784. The fraction of sp³-hybridized carbons (Fsp3) is 0.862. The normalized spacial score (nSPS) is 11.3. The summed E-state index contributed by atoms with van der Waals surface area (Å²) < 4.78 is 4.95. The van der Waals surface area contributed by atoms with Crippen LogP contribution < -0.4 is 0 Å². The highest BCUT2D eigenvalue weighted by molar-refractivity contribution is 5.90. The summed E-state index contributed by atoms with van der Waals surface area (Å²) >= 11 is 0. The topological polar surface area (TPSA) is 63.6 Å². The molecule has 0 aliphatic rings. The average Bonchev–Trinajstić information content (AvgIpc) is 2.80. The highest BCUT2D eigenvalue weighted by Gasteiger charge is 1.99. The van der Waals surface area contributed by atoms with Gasteiger partial charge in [0.25, 0.3) is 0 Å². The lowest BCUT2D eigenvalue weighted by molar-refractivity contribution is -0.138. The molecule has 0 aliphatic heterocycles. The molecule has 1 N–H and O–H groups in total. The van der Waals surface area contributed by atoms with Gasteiger partial charge in [-0.1, -0.05) is 148 Å². The Morgan fingerprint density at radius 1 is 0.515 bits per heavy atom. The summed E-state index contributed by atoms with van der Waals surface area (Å²) in [6, 6.07) is 0. The van der Waals surface area contributed by atoms with Crippen LogP contribution in [0.1, 0.15) is 155 Å². The van der Waals surface area contributed by atoms with Gasteiger partial charge in [0.2, 0.25) is 0 Å². The van der Waals surface area contributed by atoms with E-state index in [0.717, 1.165) is 25.0 Å². The van der Waals surface area contributed by atoms with E-state index in [0.29, 0.717) is 6.61 Å². The SMILES string of the molecule is CCCCCCCCCCCCCCCCCCCCCCCCCOC(=O)/C=C\C(=O)O. The number of carboxylic acid groups (broad SMARTS) is 1. The van der Waals surface area contributed by atoms with Crippen LogP contribution in [0.3, 0.4) is 0 Å². The highest BCUT2D eigenvalue weighted by atomic mass is 16.5. The second-order valence-electron chi connectivity index (χ2n) is 9.62. The lowest BCUT2D eigenvalue weighted by atomic mass is 10.0. The first-order valence-corrected chi connectivity index (χ1v) is 14.2. The zero-order valence-corrected chi connectivity index (χ0v) is 21.8. The summed E-state index contributed by atoms with van der Waals surface area (Å²) in [5, 5.41) is 8.43. The van der Waals surface area contributed by atoms with Crippen molar-refractivity contribution < 1.29 is 19.4 Å². The van der Waals surface area contributed by atoms with Crippen LogP contribution in [0.4, 0.5) is 0 Å². The first-order valence-electron chi connectivity index (χ1n) is 14.2. The minimum atomic E-state index is -1.13. The molecule has 0 saturated heterocycles. The minimum absolute atomic E-state index is 0.377. The Labute approximate surface area is 204 Å². The summed E-state index contributed by atoms with van der Waals surface area (Å²) in [6.45, 7) is 2.66. The van der Waals surface area contributed by atoms with Gasteiger partial charge < -0.3 is 9.84 Å². The van der Waals surface area contributed by atoms with E-state index in [-0.39, 0.29) is 0 Å². The average molecular weight is 467 g/mol. The Morgan fingerprint density at radius 2 is 0.818 bits per heavy atom. The molecule has 0 heterocycles. The van der Waals surface area contributed by atoms with Gasteiger partial charge in [0.15, 0.2) is 0 Å². The molecule has 0 aromatic carbocycles. The largest absolute Gasteiger partial charge is 0.478 e. The number of esters is 1. The molecule has 194 valence electrons. The van der Waals surface area contributed by atoms with E-state index in [4.69, 9.17) is 9.84 Å². The number of rotatable bonds is 26. The maximum absolute atomic E-state index is 11.2. The summed E-state index contributed by atoms with van der Waals surface area (Å²) in [5.41, 5.74) is 0. The molecular weight excluding hydrogens is 412 g/mol. The smallest absolute Gasteiger partial charge is 0.331 e. The van der Waals surface area contributed by atoms with E-state index in [1.807, 2.05) is 0 Å². The number of carboxylic acids is 1. The Kier molecular flexibility index (Phi) is 25.9. The number of hydrogen-bond donors (Lipinski definition) is 1. The van der Waals surface area contributed by atoms with Crippen LogP contribution in [0, 0.1) is 0 Å². The van der Waals surface area contributed by atoms with Crippen molar-refractivity contribution in [1.29, 1.82) is 0 Å². The fourth-order valence-electron chi connectivity index (χ4n) is 4.25. The van der Waals surface area contributed by atoms with Gasteiger partial charge >= 0.3 is 11.9 Å². The molecule has 0 radical (unpaired) electrons. The first kappa shape index (κ1) is 31.7. The Hall–Kier alpha value is -1.32. The molecule has 0 aromatic heterocycles. The van der Waals surface area contributed by atoms with Gasteiger partial charge in [-0.05, 0) is 6.42 Å². The van der Waals surface area contributed by atoms with E-state index in [1.165, 1.54) is 135 Å². The summed E-state index contributed by atoms with van der Waals surface area (Å²) in [6.07, 6.45) is 33.0. The molecule has 4 nitrogen and oxygen atoms in total. The standard InChI is InChI=1S/C29H54O4/c1-2-3-4-5-6-7-8-9-10-11-12-13-14-15-16-17-18-19-20-21-22-23-24-27-33-29(32)26-25-28(30)31/h25-26H,2-24,27H2,1H3,(H,30,31)/b26-25-. The Morgan fingerprint density at radius 3 is 1.12 bits per heavy atom. The number of ether oxygens (including phenoxy) is 1. The minimum Gasteiger partial charge on any atom is -0.478 e. The second-order valence-corrected chi connectivity index (χ2v) is 9.62. The van der Waals surface area contributed by atoms with Gasteiger partial charge in [-0.15, -0.1) is 0 Å². The van der Waals surface area contributed by atoms with Crippen molar-refractivity contribution in [2.45, 2.75) is 155 Å². The van der Waals surface area contributed by atoms with Crippen LogP contribution >= 0.6 is 0 Å². The zero-order chi connectivity index (χ0) is 24.2. The second kappa shape index (κ2) is 26.9. The van der Waals surface area contributed by atoms with Crippen molar-refractivity contribution in [3.63, 3.8) is 0 Å². The van der Waals surface area contributed by atoms with Crippen LogP contribution in [0.5, 0.6) is 0 Å². The van der Waals surface area contributed by atoms with Crippen LogP contribution in [0.15, 0.2) is 12.2 Å². The molecule has 0 fully saturated rings. The highest BCUT2D eigenvalue weighted by Crippen LogP contribution is 2.15. The van der Waals surface area contributed by atoms with Crippen molar-refractivity contribution >= 4 is 11.9 Å². The van der Waals surface area contributed by atoms with Crippen LogP contribution in [-0.2, 0) is 14.3 Å². The monoisotopic (exact) mass is 466 g/mol. The molecule has 0 amide bonds. The molecule has 0 unspecified atom stereocenters. The van der Waals surface area contributed by atoms with Gasteiger partial charge in [-0.25, -0.2) is 9.59 Å². The predicted octanol–water partition coefficient (Wildman–Crippen LogP) is 9.16. The van der Waals surface area contributed by atoms with Crippen LogP contribution in [-0.4, -0.2) is 23.7 Å². The third-order valence-electron chi connectivity index (χ3n) is 6.35. The maximum Gasteiger partial charge on any atom is 0.331 e. The molecule has 0 atom stereocenters. The van der Waals surface area contributed by atoms with E-state index in [2.05, 4.69) is 6.92 Å². The summed E-state index contributed by atoms with van der Waals surface area (Å²) in [4.78, 5) is 21.5. The fourth-order valence-corrected chi connectivity index (χ4v) is 4.25. The van der Waals surface area contributed by atoms with Crippen molar-refractivity contribution in [1.82, 2.24) is 0 Å². The van der Waals surface area contributed by atoms with E-state index in [9.17, 15) is 9.59 Å². The molecule has 0 rings (SSSR count). The lowest BCUT2D eigenvalue weighted by Gasteiger charge is -2.04. The van der Waals surface area contributed by atoms with Gasteiger partial charge in [0.1, 0.15) is 0 Å². The van der Waals surface area contributed by atoms with Gasteiger partial charge in [0.05, 0.1) is 6.61 Å². The number of unbranched alkanes of at least 4 members (excludes halogenated alkanes) is 22. The maximum atomic E-state index is 11.2. The molecule has 0 aromatic rings. The third-order valence-corrected chi connectivity index (χ3v) is 6.35. The Balaban J connectivity index is 3.10. The van der Waals surface area contributed by atoms with Crippen LogP contribution in [0.2, 0.25) is 0 Å². The molecule has 4 heteroatoms. The lowest BCUT2D eigenvalue weighted by Crippen LogP contribution is -2.03. The molecule has 0 aliphatic carbocycles. The molecule has 0 spiro atoms. The molecule has 0 bridgehead atoms. The van der Waals surface area contributed by atoms with Gasteiger partial charge in [0, 0.05) is 12.2 Å². The summed E-state index contributed by atoms with van der Waals surface area (Å²) in [5.74, 6) is -1.71. The molecule has 33 heavy (non-hydrogen) atoms. The predicted molar refractivity (Wildman–Crippen MR) is 140 cm³/mol. The van der Waals surface area contributed by atoms with Crippen molar-refractivity contribution in [3.8, 4) is 0 Å². The first-order chi connectivity index (χ1) is 16.2. The van der Waals surface area contributed by atoms with E-state index in [1.54, 1.807) is 0 Å². The summed E-state index contributed by atoms with van der Waals surface area (Å²) in [7, 11) is 0. The molecule has 0 saturated carbocycles. The van der Waals surface area contributed by atoms with Gasteiger partial charge in [-0.3, -0.25) is 0 Å². The van der Waals surface area contributed by atoms with Crippen molar-refractivity contribution in [2.75, 3.05) is 6.61 Å². The zero-order valence-electron chi connectivity index (χ0n) is 21.8. The number of carbonyl (C=O) groups is 2. The van der Waals surface area contributed by atoms with Crippen LogP contribution in [0.25, 0.3) is 0 Å². The third kappa shape index (κ3) is 28.6. The molecular formula is C29H54O4. The number of carbonyl (C=O) groups excluding carboxylic acids is 1.